The summed E-state index contributed by atoms with van der Waals surface area (Å²) < 4.78 is 22.7. The average molecular weight is 121 g/mol. The van der Waals surface area contributed by atoms with Crippen LogP contribution in [0.5, 0.6) is 0 Å². The average Bonchev–Trinajstić information content (AvgIpc) is 1.66. The van der Waals surface area contributed by atoms with Crippen LogP contribution in [0.15, 0.2) is 0 Å². The molecule has 0 heterocycles. The van der Waals surface area contributed by atoms with Crippen LogP contribution in [0.3, 0.4) is 0 Å². The Bertz CT molecular complexity index is 43.8. The van der Waals surface area contributed by atoms with Gasteiger partial charge in [0.1, 0.15) is 0 Å². The zero-order chi connectivity index (χ0) is 6.41. The van der Waals surface area contributed by atoms with E-state index in [4.69, 9.17) is 0 Å². The van der Waals surface area contributed by atoms with Gasteiger partial charge in [-0.1, -0.05) is 13.3 Å². The Morgan fingerprint density at radius 3 is 2.50 bits per heavy atom. The van der Waals surface area contributed by atoms with Crippen molar-refractivity contribution in [1.82, 2.24) is 0 Å². The lowest BCUT2D eigenvalue weighted by Gasteiger charge is -1.94. The first-order valence-electron chi connectivity index (χ1n) is 2.83. The van der Waals surface area contributed by atoms with Gasteiger partial charge in [0.25, 0.3) is 0 Å². The number of rotatable bonds is 4. The van der Waals surface area contributed by atoms with E-state index < -0.39 is 6.43 Å². The van der Waals surface area contributed by atoms with Crippen molar-refractivity contribution in [2.75, 3.05) is 0 Å². The summed E-state index contributed by atoms with van der Waals surface area (Å²) in [4.78, 5) is 0. The molecule has 0 spiro atoms. The van der Waals surface area contributed by atoms with Crippen molar-refractivity contribution in [3.05, 3.63) is 6.42 Å². The maximum absolute atomic E-state index is 11.3. The summed E-state index contributed by atoms with van der Waals surface area (Å²) >= 11 is 0. The van der Waals surface area contributed by atoms with Crippen LogP contribution in [0, 0.1) is 6.42 Å². The lowest BCUT2D eigenvalue weighted by Crippen LogP contribution is -1.88. The van der Waals surface area contributed by atoms with Gasteiger partial charge < -0.3 is 0 Å². The van der Waals surface area contributed by atoms with Crippen LogP contribution in [0.1, 0.15) is 26.2 Å². The van der Waals surface area contributed by atoms with Crippen molar-refractivity contribution < 1.29 is 8.78 Å². The Hall–Kier alpha value is -0.140. The predicted molar refractivity (Wildman–Crippen MR) is 29.8 cm³/mol. The Labute approximate surface area is 48.9 Å². The van der Waals surface area contributed by atoms with Crippen molar-refractivity contribution in [3.8, 4) is 0 Å². The van der Waals surface area contributed by atoms with E-state index in [9.17, 15) is 8.78 Å². The first-order chi connectivity index (χ1) is 3.77. The van der Waals surface area contributed by atoms with Crippen LogP contribution in [0.2, 0.25) is 0 Å². The minimum atomic E-state index is -2.12. The molecule has 0 aliphatic heterocycles. The molecule has 0 saturated carbocycles. The Morgan fingerprint density at radius 2 is 2.12 bits per heavy atom. The summed E-state index contributed by atoms with van der Waals surface area (Å²) in [6.45, 7) is 1.88. The SMILES string of the molecule is C[CH]CCCC(F)F. The Kier molecular flexibility index (Phi) is 4.92. The molecule has 0 aliphatic carbocycles. The third kappa shape index (κ3) is 5.86. The molecule has 0 unspecified atom stereocenters. The van der Waals surface area contributed by atoms with Crippen molar-refractivity contribution in [2.24, 2.45) is 0 Å². The van der Waals surface area contributed by atoms with Gasteiger partial charge in [-0.2, -0.15) is 0 Å². The highest BCUT2D eigenvalue weighted by Gasteiger charge is 1.98. The van der Waals surface area contributed by atoms with E-state index in [0.29, 0.717) is 6.42 Å². The zero-order valence-corrected chi connectivity index (χ0v) is 5.03. The van der Waals surface area contributed by atoms with E-state index in [-0.39, 0.29) is 6.42 Å². The van der Waals surface area contributed by atoms with E-state index in [0.717, 1.165) is 6.42 Å². The number of hydrogen-bond acceptors (Lipinski definition) is 0. The standard InChI is InChI=1S/C6H11F2/c1-2-3-4-5-6(7)8/h2,6H,3-5H2,1H3. The highest BCUT2D eigenvalue weighted by molar-refractivity contribution is 4.55. The molecule has 0 amide bonds. The molecule has 1 radical (unpaired) electrons. The van der Waals surface area contributed by atoms with Gasteiger partial charge >= 0.3 is 0 Å². The number of halogens is 2. The summed E-state index contributed by atoms with van der Waals surface area (Å²) in [5, 5.41) is 0. The molecule has 0 fully saturated rings. The molecule has 0 aromatic rings. The highest BCUT2D eigenvalue weighted by atomic mass is 19.3. The molecule has 0 saturated heterocycles. The fraction of sp³-hybridized carbons (Fsp3) is 0.833. The normalized spacial score (nSPS) is 10.5. The topological polar surface area (TPSA) is 0 Å². The van der Waals surface area contributed by atoms with Crippen LogP contribution in [-0.2, 0) is 0 Å². The molecule has 0 aromatic heterocycles. The first-order valence-corrected chi connectivity index (χ1v) is 2.83. The molecule has 8 heavy (non-hydrogen) atoms. The number of unbranched alkanes of at least 4 members (excludes halogenated alkanes) is 2. The van der Waals surface area contributed by atoms with Gasteiger partial charge in [-0.3, -0.25) is 0 Å². The van der Waals surface area contributed by atoms with Gasteiger partial charge in [0.05, 0.1) is 0 Å². The predicted octanol–water partition coefficient (Wildman–Crippen LogP) is 2.65. The lowest BCUT2D eigenvalue weighted by atomic mass is 10.2. The van der Waals surface area contributed by atoms with Gasteiger partial charge in [-0.25, -0.2) is 8.78 Å². The lowest BCUT2D eigenvalue weighted by molar-refractivity contribution is 0.135. The number of alkyl halides is 2. The molecule has 0 rings (SSSR count). The van der Waals surface area contributed by atoms with Crippen molar-refractivity contribution in [1.29, 1.82) is 0 Å². The highest BCUT2D eigenvalue weighted by Crippen LogP contribution is 2.05. The van der Waals surface area contributed by atoms with Gasteiger partial charge in [0.15, 0.2) is 0 Å². The zero-order valence-electron chi connectivity index (χ0n) is 5.03. The molecule has 0 bridgehead atoms. The fourth-order valence-corrected chi connectivity index (χ4v) is 0.476. The van der Waals surface area contributed by atoms with E-state index in [1.807, 2.05) is 13.3 Å². The quantitative estimate of drug-likeness (QED) is 0.501. The second kappa shape index (κ2) is 5.01. The third-order valence-electron chi connectivity index (χ3n) is 0.915. The van der Waals surface area contributed by atoms with Crippen molar-refractivity contribution in [2.45, 2.75) is 32.6 Å². The second-order valence-electron chi connectivity index (χ2n) is 1.73. The van der Waals surface area contributed by atoms with Crippen LogP contribution >= 0.6 is 0 Å². The summed E-state index contributed by atoms with van der Waals surface area (Å²) in [6.07, 6.45) is 1.26. The molecular formula is C6H11F2. The molecule has 49 valence electrons. The fourth-order valence-electron chi connectivity index (χ4n) is 0.476. The van der Waals surface area contributed by atoms with E-state index in [1.165, 1.54) is 0 Å². The summed E-state index contributed by atoms with van der Waals surface area (Å²) in [6, 6.07) is 0. The smallest absolute Gasteiger partial charge is 0.211 e. The van der Waals surface area contributed by atoms with Crippen LogP contribution in [0.4, 0.5) is 8.78 Å². The van der Waals surface area contributed by atoms with Gasteiger partial charge in [0, 0.05) is 6.42 Å². The second-order valence-corrected chi connectivity index (χ2v) is 1.73. The Morgan fingerprint density at radius 1 is 1.50 bits per heavy atom. The maximum Gasteiger partial charge on any atom is 0.238 e. The van der Waals surface area contributed by atoms with Gasteiger partial charge in [-0.05, 0) is 12.8 Å². The molecule has 0 nitrogen and oxygen atoms in total. The molecule has 0 aliphatic rings. The molecule has 0 atom stereocenters. The summed E-state index contributed by atoms with van der Waals surface area (Å²) in [7, 11) is 0. The van der Waals surface area contributed by atoms with Crippen LogP contribution < -0.4 is 0 Å². The van der Waals surface area contributed by atoms with Crippen LogP contribution in [-0.4, -0.2) is 6.43 Å². The van der Waals surface area contributed by atoms with E-state index >= 15 is 0 Å². The molecule has 0 N–H and O–H groups in total. The van der Waals surface area contributed by atoms with Gasteiger partial charge in [-0.15, -0.1) is 0 Å². The van der Waals surface area contributed by atoms with E-state index in [1.54, 1.807) is 0 Å². The van der Waals surface area contributed by atoms with Crippen molar-refractivity contribution in [3.63, 3.8) is 0 Å². The monoisotopic (exact) mass is 121 g/mol. The largest absolute Gasteiger partial charge is 0.238 e. The Balaban J connectivity index is 2.72. The molecular weight excluding hydrogens is 110 g/mol. The van der Waals surface area contributed by atoms with E-state index in [2.05, 4.69) is 0 Å². The third-order valence-corrected chi connectivity index (χ3v) is 0.915. The molecule has 0 aromatic carbocycles. The van der Waals surface area contributed by atoms with Gasteiger partial charge in [0.2, 0.25) is 6.43 Å². The van der Waals surface area contributed by atoms with Crippen molar-refractivity contribution >= 4 is 0 Å². The summed E-state index contributed by atoms with van der Waals surface area (Å²) in [5.74, 6) is 0. The van der Waals surface area contributed by atoms with Crippen LogP contribution in [0.25, 0.3) is 0 Å². The first kappa shape index (κ1) is 7.86. The minimum absolute atomic E-state index is 0.0460. The summed E-state index contributed by atoms with van der Waals surface area (Å²) in [5.41, 5.74) is 0. The minimum Gasteiger partial charge on any atom is -0.211 e. The molecule has 2 heteroatoms. The maximum atomic E-state index is 11.3. The number of hydrogen-bond donors (Lipinski definition) is 0.